The summed E-state index contributed by atoms with van der Waals surface area (Å²) >= 11 is 0. The number of carbonyl (C=O) groups excluding carboxylic acids is 1. The summed E-state index contributed by atoms with van der Waals surface area (Å²) in [5, 5.41) is 20.8. The van der Waals surface area contributed by atoms with Crippen LogP contribution in [0.15, 0.2) is 42.5 Å². The van der Waals surface area contributed by atoms with Crippen molar-refractivity contribution >= 4 is 5.91 Å². The van der Waals surface area contributed by atoms with E-state index in [1.54, 1.807) is 4.90 Å². The molecule has 2 aromatic carbocycles. The predicted octanol–water partition coefficient (Wildman–Crippen LogP) is 2.81. The molecule has 1 fully saturated rings. The molecule has 1 aliphatic heterocycles. The Bertz CT molecular complexity index is 851. The number of likely N-dealkylation sites (tertiary alicyclic amines) is 1. The maximum Gasteiger partial charge on any atom is 0.260 e. The molecule has 1 saturated heterocycles. The first-order chi connectivity index (χ1) is 13.9. The van der Waals surface area contributed by atoms with Crippen LogP contribution in [0.5, 0.6) is 5.75 Å². The molecule has 0 aromatic heterocycles. The zero-order valence-corrected chi connectivity index (χ0v) is 17.5. The smallest absolute Gasteiger partial charge is 0.260 e. The lowest BCUT2D eigenvalue weighted by Crippen LogP contribution is -2.57. The third-order valence-electron chi connectivity index (χ3n) is 6.17. The first kappa shape index (κ1) is 21.3. The first-order valence-electron chi connectivity index (χ1n) is 10.2. The van der Waals surface area contributed by atoms with Crippen molar-refractivity contribution in [3.63, 3.8) is 0 Å². The molecule has 2 N–H and O–H groups in total. The van der Waals surface area contributed by atoms with Crippen LogP contribution in [0, 0.1) is 26.2 Å². The molecule has 2 aromatic rings. The molecular weight excluding hydrogens is 366 g/mol. The third-order valence-corrected chi connectivity index (χ3v) is 6.17. The Morgan fingerprint density at radius 1 is 1.14 bits per heavy atom. The van der Waals surface area contributed by atoms with Gasteiger partial charge in [-0.05, 0) is 55.9 Å². The van der Waals surface area contributed by atoms with Gasteiger partial charge in [-0.1, -0.05) is 42.5 Å². The predicted molar refractivity (Wildman–Crippen MR) is 113 cm³/mol. The topological polar surface area (TPSA) is 70.0 Å². The number of hydrogen-bond donors (Lipinski definition) is 2. The van der Waals surface area contributed by atoms with E-state index in [9.17, 15) is 15.0 Å². The number of piperidine rings is 1. The van der Waals surface area contributed by atoms with Gasteiger partial charge in [0.2, 0.25) is 0 Å². The van der Waals surface area contributed by atoms with Crippen molar-refractivity contribution in [2.75, 3.05) is 26.3 Å². The Labute approximate surface area is 172 Å². The highest BCUT2D eigenvalue weighted by molar-refractivity contribution is 5.78. The van der Waals surface area contributed by atoms with Gasteiger partial charge in [-0.25, -0.2) is 0 Å². The first-order valence-corrected chi connectivity index (χ1v) is 10.2. The molecule has 156 valence electrons. The molecule has 0 spiro atoms. The summed E-state index contributed by atoms with van der Waals surface area (Å²) in [7, 11) is 0. The number of carbonyl (C=O) groups is 1. The van der Waals surface area contributed by atoms with Gasteiger partial charge >= 0.3 is 0 Å². The highest BCUT2D eigenvalue weighted by Crippen LogP contribution is 2.34. The van der Waals surface area contributed by atoms with Gasteiger partial charge in [0.1, 0.15) is 5.75 Å². The van der Waals surface area contributed by atoms with Gasteiger partial charge in [0.05, 0.1) is 12.7 Å². The number of ether oxygens (including phenoxy) is 1. The zero-order chi connectivity index (χ0) is 21.0. The Morgan fingerprint density at radius 2 is 1.83 bits per heavy atom. The van der Waals surface area contributed by atoms with Crippen molar-refractivity contribution < 1.29 is 19.7 Å². The lowest BCUT2D eigenvalue weighted by atomic mass is 9.73. The molecule has 29 heavy (non-hydrogen) atoms. The van der Waals surface area contributed by atoms with Crippen molar-refractivity contribution in [3.05, 3.63) is 64.7 Å². The fourth-order valence-corrected chi connectivity index (χ4v) is 4.12. The number of amides is 1. The van der Waals surface area contributed by atoms with E-state index in [0.717, 1.165) is 28.0 Å². The largest absolute Gasteiger partial charge is 0.483 e. The van der Waals surface area contributed by atoms with Crippen LogP contribution in [0.2, 0.25) is 0 Å². The molecule has 1 amide bonds. The van der Waals surface area contributed by atoms with Crippen LogP contribution in [0.25, 0.3) is 0 Å². The maximum atomic E-state index is 12.9. The van der Waals surface area contributed by atoms with E-state index in [0.29, 0.717) is 25.9 Å². The van der Waals surface area contributed by atoms with Crippen LogP contribution >= 0.6 is 0 Å². The molecule has 5 heteroatoms. The maximum absolute atomic E-state index is 12.9. The number of hydrogen-bond acceptors (Lipinski definition) is 4. The van der Waals surface area contributed by atoms with Crippen LogP contribution in [-0.2, 0) is 11.2 Å². The van der Waals surface area contributed by atoms with Crippen LogP contribution in [0.4, 0.5) is 0 Å². The summed E-state index contributed by atoms with van der Waals surface area (Å²) in [5.41, 5.74) is 3.45. The van der Waals surface area contributed by atoms with Gasteiger partial charge in [0.15, 0.2) is 6.61 Å². The molecule has 1 aliphatic rings. The SMILES string of the molecule is Cc1ccc(C)c(OCC(=O)N2CC[C@H](O)[C@](CO)(Cc3ccccc3)C2)c1C. The highest BCUT2D eigenvalue weighted by Gasteiger charge is 2.43. The number of aliphatic hydroxyl groups excluding tert-OH is 2. The van der Waals surface area contributed by atoms with E-state index in [-0.39, 0.29) is 19.1 Å². The quantitative estimate of drug-likeness (QED) is 0.786. The molecule has 5 nitrogen and oxygen atoms in total. The zero-order valence-electron chi connectivity index (χ0n) is 17.5. The fraction of sp³-hybridized carbons (Fsp3) is 0.458. The molecule has 0 radical (unpaired) electrons. The van der Waals surface area contributed by atoms with E-state index in [4.69, 9.17) is 4.74 Å². The van der Waals surface area contributed by atoms with Crippen LogP contribution in [-0.4, -0.2) is 53.4 Å². The summed E-state index contributed by atoms with van der Waals surface area (Å²) < 4.78 is 5.89. The van der Waals surface area contributed by atoms with Gasteiger partial charge in [0, 0.05) is 18.5 Å². The lowest BCUT2D eigenvalue weighted by Gasteiger charge is -2.45. The van der Waals surface area contributed by atoms with Crippen LogP contribution in [0.1, 0.15) is 28.7 Å². The number of nitrogens with zero attached hydrogens (tertiary/aromatic N) is 1. The Morgan fingerprint density at radius 3 is 2.52 bits per heavy atom. The van der Waals surface area contributed by atoms with E-state index in [2.05, 4.69) is 0 Å². The summed E-state index contributed by atoms with van der Waals surface area (Å²) in [5.74, 6) is 0.635. The average Bonchev–Trinajstić information content (AvgIpc) is 2.73. The summed E-state index contributed by atoms with van der Waals surface area (Å²) in [6.07, 6.45) is 0.312. The minimum atomic E-state index is -0.759. The van der Waals surface area contributed by atoms with Gasteiger partial charge in [-0.3, -0.25) is 4.79 Å². The summed E-state index contributed by atoms with van der Waals surface area (Å²) in [4.78, 5) is 14.6. The van der Waals surface area contributed by atoms with E-state index < -0.39 is 11.5 Å². The van der Waals surface area contributed by atoms with Crippen molar-refractivity contribution in [1.29, 1.82) is 0 Å². The molecular formula is C24H31NO4. The summed E-state index contributed by atoms with van der Waals surface area (Å²) in [6.45, 7) is 6.54. The Balaban J connectivity index is 1.71. The monoisotopic (exact) mass is 397 g/mol. The minimum absolute atomic E-state index is 0.0475. The second-order valence-corrected chi connectivity index (χ2v) is 8.24. The fourth-order valence-electron chi connectivity index (χ4n) is 4.12. The van der Waals surface area contributed by atoms with Crippen LogP contribution in [0.3, 0.4) is 0 Å². The van der Waals surface area contributed by atoms with Gasteiger partial charge in [-0.2, -0.15) is 0 Å². The van der Waals surface area contributed by atoms with Crippen molar-refractivity contribution in [2.45, 2.75) is 39.7 Å². The lowest BCUT2D eigenvalue weighted by molar-refractivity contribution is -0.144. The molecule has 3 rings (SSSR count). The third kappa shape index (κ3) is 4.62. The van der Waals surface area contributed by atoms with E-state index in [1.807, 2.05) is 63.2 Å². The molecule has 0 unspecified atom stereocenters. The van der Waals surface area contributed by atoms with Gasteiger partial charge in [0.25, 0.3) is 5.91 Å². The number of aliphatic hydroxyl groups is 2. The second kappa shape index (κ2) is 8.97. The molecule has 1 heterocycles. The Hall–Kier alpha value is -2.37. The molecule has 0 saturated carbocycles. The Kier molecular flexibility index (Phi) is 6.60. The highest BCUT2D eigenvalue weighted by atomic mass is 16.5. The van der Waals surface area contributed by atoms with Gasteiger partial charge < -0.3 is 19.8 Å². The van der Waals surface area contributed by atoms with Crippen molar-refractivity contribution in [1.82, 2.24) is 4.90 Å². The number of aryl methyl sites for hydroxylation is 2. The number of benzene rings is 2. The van der Waals surface area contributed by atoms with E-state index >= 15 is 0 Å². The molecule has 2 atom stereocenters. The standard InChI is InChI=1S/C24H31NO4/c1-17-9-10-18(2)23(19(17)3)29-14-22(28)25-12-11-21(27)24(15-25,16-26)13-20-7-5-4-6-8-20/h4-10,21,26-27H,11-16H2,1-3H3/t21-,24+/m0/s1. The second-order valence-electron chi connectivity index (χ2n) is 8.24. The molecule has 0 aliphatic carbocycles. The normalized spacial score (nSPS) is 21.8. The van der Waals surface area contributed by atoms with E-state index in [1.165, 1.54) is 0 Å². The van der Waals surface area contributed by atoms with Crippen molar-refractivity contribution in [2.24, 2.45) is 5.41 Å². The number of rotatable bonds is 6. The van der Waals surface area contributed by atoms with Crippen molar-refractivity contribution in [3.8, 4) is 5.75 Å². The summed E-state index contributed by atoms with van der Waals surface area (Å²) in [6, 6.07) is 13.8. The molecule has 0 bridgehead atoms. The average molecular weight is 398 g/mol. The minimum Gasteiger partial charge on any atom is -0.483 e. The van der Waals surface area contributed by atoms with Gasteiger partial charge in [-0.15, -0.1) is 0 Å². The van der Waals surface area contributed by atoms with Crippen LogP contribution < -0.4 is 4.74 Å².